The largest absolute Gasteiger partial charge is 0.381 e. The van der Waals surface area contributed by atoms with Crippen LogP contribution >= 0.6 is 0 Å². The maximum Gasteiger partial charge on any atom is 0.180 e. The van der Waals surface area contributed by atoms with E-state index in [-0.39, 0.29) is 0 Å². The van der Waals surface area contributed by atoms with E-state index >= 15 is 0 Å². The van der Waals surface area contributed by atoms with Crippen molar-refractivity contribution in [3.63, 3.8) is 0 Å². The number of fused-ring (bicyclic) bond motifs is 1. The molecule has 1 N–H and O–H groups in total. The topological polar surface area (TPSA) is 63.7 Å². The average Bonchev–Trinajstić information content (AvgIpc) is 2.67. The molecule has 0 saturated heterocycles. The number of hydrogen-bond donors (Lipinski definition) is 1. The first kappa shape index (κ1) is 10.0. The van der Waals surface area contributed by atoms with E-state index < -0.39 is 0 Å². The third-order valence-electron chi connectivity index (χ3n) is 2.04. The molecule has 0 spiro atoms. The van der Waals surface area contributed by atoms with Gasteiger partial charge in [0.05, 0.1) is 12.8 Å². The molecule has 2 rings (SSSR count). The van der Waals surface area contributed by atoms with Gasteiger partial charge in [0.25, 0.3) is 0 Å². The van der Waals surface area contributed by atoms with Gasteiger partial charge in [-0.15, -0.1) is 0 Å². The summed E-state index contributed by atoms with van der Waals surface area (Å²) in [6.07, 6.45) is 5.06. The lowest BCUT2D eigenvalue weighted by Crippen LogP contribution is -2.00. The van der Waals surface area contributed by atoms with Crippen molar-refractivity contribution in [3.05, 3.63) is 18.3 Å². The van der Waals surface area contributed by atoms with Crippen molar-refractivity contribution in [2.24, 2.45) is 0 Å². The third-order valence-corrected chi connectivity index (χ3v) is 2.04. The van der Waals surface area contributed by atoms with Crippen molar-refractivity contribution >= 4 is 11.2 Å². The smallest absolute Gasteiger partial charge is 0.180 e. The molecule has 0 unspecified atom stereocenters. The number of hydrogen-bond acceptors (Lipinski definition) is 4. The summed E-state index contributed by atoms with van der Waals surface area (Å²) in [5, 5.41) is 0. The number of aromatic amines is 1. The number of nitrogens with zero attached hydrogens (tertiary/aromatic N) is 3. The van der Waals surface area contributed by atoms with Crippen molar-refractivity contribution in [2.75, 3.05) is 13.2 Å². The Kier molecular flexibility index (Phi) is 3.24. The lowest BCUT2D eigenvalue weighted by Gasteiger charge is -1.98. The van der Waals surface area contributed by atoms with E-state index in [0.29, 0.717) is 6.61 Å². The van der Waals surface area contributed by atoms with E-state index in [1.54, 1.807) is 6.20 Å². The Hall–Kier alpha value is -1.49. The average molecular weight is 206 g/mol. The maximum atomic E-state index is 5.39. The van der Waals surface area contributed by atoms with Crippen LogP contribution in [-0.2, 0) is 11.2 Å². The molecule has 2 aromatic rings. The van der Waals surface area contributed by atoms with Gasteiger partial charge in [-0.05, 0) is 6.42 Å². The van der Waals surface area contributed by atoms with Crippen LogP contribution in [0.4, 0.5) is 0 Å². The van der Waals surface area contributed by atoms with E-state index in [1.807, 2.05) is 0 Å². The fraction of sp³-hybridized carbons (Fsp3) is 0.500. The van der Waals surface area contributed by atoms with Crippen LogP contribution in [0.25, 0.3) is 11.2 Å². The SMILES string of the molecule is CCCOCCc1nc2ncncc2[nH]1. The summed E-state index contributed by atoms with van der Waals surface area (Å²) in [6.45, 7) is 3.60. The van der Waals surface area contributed by atoms with Crippen LogP contribution < -0.4 is 0 Å². The lowest BCUT2D eigenvalue weighted by atomic mass is 10.4. The second kappa shape index (κ2) is 4.84. The normalized spacial score (nSPS) is 11.0. The second-order valence-electron chi connectivity index (χ2n) is 3.31. The molecule has 2 aromatic heterocycles. The summed E-state index contributed by atoms with van der Waals surface area (Å²) in [7, 11) is 0. The number of ether oxygens (including phenoxy) is 1. The Morgan fingerprint density at radius 3 is 3.13 bits per heavy atom. The number of nitrogens with one attached hydrogen (secondary N) is 1. The summed E-state index contributed by atoms with van der Waals surface area (Å²) < 4.78 is 5.39. The minimum Gasteiger partial charge on any atom is -0.381 e. The van der Waals surface area contributed by atoms with E-state index in [2.05, 4.69) is 26.9 Å². The van der Waals surface area contributed by atoms with Gasteiger partial charge >= 0.3 is 0 Å². The predicted molar refractivity (Wildman–Crippen MR) is 56.5 cm³/mol. The number of imidazole rings is 1. The van der Waals surface area contributed by atoms with Crippen molar-refractivity contribution in [1.82, 2.24) is 19.9 Å². The molecule has 0 atom stereocenters. The molecule has 0 aliphatic carbocycles. The Bertz CT molecular complexity index is 393. The highest BCUT2D eigenvalue weighted by Crippen LogP contribution is 2.06. The summed E-state index contributed by atoms with van der Waals surface area (Å²) in [5.41, 5.74) is 1.60. The number of rotatable bonds is 5. The molecule has 0 bridgehead atoms. The van der Waals surface area contributed by atoms with Gasteiger partial charge in [-0.2, -0.15) is 0 Å². The molecule has 0 aliphatic heterocycles. The van der Waals surface area contributed by atoms with Crippen molar-refractivity contribution in [3.8, 4) is 0 Å². The standard InChI is InChI=1S/C10H14N4O/c1-2-4-15-5-3-9-13-8-6-11-7-12-10(8)14-9/h6-7H,2-5H2,1H3,(H,11,12,13,14). The molecule has 5 heteroatoms. The van der Waals surface area contributed by atoms with Crippen LogP contribution in [0.15, 0.2) is 12.5 Å². The molecule has 2 heterocycles. The molecular formula is C10H14N4O. The zero-order valence-electron chi connectivity index (χ0n) is 8.73. The van der Waals surface area contributed by atoms with Crippen LogP contribution in [0.1, 0.15) is 19.2 Å². The Morgan fingerprint density at radius 2 is 2.33 bits per heavy atom. The molecule has 0 aromatic carbocycles. The van der Waals surface area contributed by atoms with Crippen LogP contribution in [0, 0.1) is 0 Å². The zero-order chi connectivity index (χ0) is 10.5. The first-order valence-electron chi connectivity index (χ1n) is 5.12. The molecule has 0 aliphatic rings. The zero-order valence-corrected chi connectivity index (χ0v) is 8.73. The van der Waals surface area contributed by atoms with Gasteiger partial charge in [-0.3, -0.25) is 0 Å². The van der Waals surface area contributed by atoms with Gasteiger partial charge in [-0.1, -0.05) is 6.92 Å². The minimum atomic E-state index is 0.696. The fourth-order valence-corrected chi connectivity index (χ4v) is 1.35. The van der Waals surface area contributed by atoms with Crippen molar-refractivity contribution < 1.29 is 4.74 Å². The van der Waals surface area contributed by atoms with Gasteiger partial charge in [0.1, 0.15) is 17.7 Å². The van der Waals surface area contributed by atoms with Crippen LogP contribution in [0.5, 0.6) is 0 Å². The minimum absolute atomic E-state index is 0.696. The van der Waals surface area contributed by atoms with Crippen LogP contribution in [-0.4, -0.2) is 33.1 Å². The summed E-state index contributed by atoms with van der Waals surface area (Å²) >= 11 is 0. The number of aromatic nitrogens is 4. The quantitative estimate of drug-likeness (QED) is 0.749. The monoisotopic (exact) mass is 206 g/mol. The molecule has 80 valence electrons. The molecule has 0 fully saturated rings. The molecule has 0 saturated carbocycles. The highest BCUT2D eigenvalue weighted by molar-refractivity contribution is 5.68. The van der Waals surface area contributed by atoms with Crippen LogP contribution in [0.2, 0.25) is 0 Å². The summed E-state index contributed by atoms with van der Waals surface area (Å²) in [5.74, 6) is 0.904. The highest BCUT2D eigenvalue weighted by atomic mass is 16.5. The third kappa shape index (κ3) is 2.50. The molecule has 0 amide bonds. The van der Waals surface area contributed by atoms with E-state index in [0.717, 1.165) is 36.4 Å². The van der Waals surface area contributed by atoms with Crippen molar-refractivity contribution in [1.29, 1.82) is 0 Å². The van der Waals surface area contributed by atoms with Crippen LogP contribution in [0.3, 0.4) is 0 Å². The number of H-pyrrole nitrogens is 1. The van der Waals surface area contributed by atoms with Crippen molar-refractivity contribution in [2.45, 2.75) is 19.8 Å². The molecule has 15 heavy (non-hydrogen) atoms. The van der Waals surface area contributed by atoms with Gasteiger partial charge in [0.2, 0.25) is 0 Å². The summed E-state index contributed by atoms with van der Waals surface area (Å²) in [4.78, 5) is 15.5. The molecular weight excluding hydrogens is 192 g/mol. The van der Waals surface area contributed by atoms with Gasteiger partial charge in [-0.25, -0.2) is 15.0 Å². The first-order chi connectivity index (χ1) is 7.40. The maximum absolute atomic E-state index is 5.39. The lowest BCUT2D eigenvalue weighted by molar-refractivity contribution is 0.137. The van der Waals surface area contributed by atoms with E-state index in [1.165, 1.54) is 6.33 Å². The summed E-state index contributed by atoms with van der Waals surface area (Å²) in [6, 6.07) is 0. The second-order valence-corrected chi connectivity index (χ2v) is 3.31. The molecule has 0 radical (unpaired) electrons. The highest BCUT2D eigenvalue weighted by Gasteiger charge is 2.02. The Labute approximate surface area is 87.9 Å². The first-order valence-corrected chi connectivity index (χ1v) is 5.12. The van der Waals surface area contributed by atoms with E-state index in [4.69, 9.17) is 4.74 Å². The van der Waals surface area contributed by atoms with Gasteiger partial charge in [0, 0.05) is 13.0 Å². The Morgan fingerprint density at radius 1 is 1.40 bits per heavy atom. The Balaban J connectivity index is 1.97. The van der Waals surface area contributed by atoms with E-state index in [9.17, 15) is 0 Å². The fourth-order valence-electron chi connectivity index (χ4n) is 1.35. The van der Waals surface area contributed by atoms with Gasteiger partial charge in [0.15, 0.2) is 5.65 Å². The molecule has 5 nitrogen and oxygen atoms in total. The van der Waals surface area contributed by atoms with Gasteiger partial charge < -0.3 is 9.72 Å². The predicted octanol–water partition coefficient (Wildman–Crippen LogP) is 1.32.